The van der Waals surface area contributed by atoms with Crippen LogP contribution in [0.5, 0.6) is 5.75 Å². The third kappa shape index (κ3) is 3.92. The summed E-state index contributed by atoms with van der Waals surface area (Å²) in [5.41, 5.74) is 5.12. The zero-order valence-corrected chi connectivity index (χ0v) is 16.6. The number of hydrogen-bond acceptors (Lipinski definition) is 3. The van der Waals surface area contributed by atoms with Crippen LogP contribution in [0.1, 0.15) is 61.7 Å². The molecule has 3 nitrogen and oxygen atoms in total. The van der Waals surface area contributed by atoms with Crippen LogP contribution >= 0.6 is 0 Å². The summed E-state index contributed by atoms with van der Waals surface area (Å²) in [5, 5.41) is 11.0. The number of carbonyl (C=O) groups is 1. The molecule has 0 unspecified atom stereocenters. The maximum Gasteiger partial charge on any atom is 0.339 e. The van der Waals surface area contributed by atoms with Crippen molar-refractivity contribution in [3.8, 4) is 16.9 Å². The summed E-state index contributed by atoms with van der Waals surface area (Å²) in [6.45, 7) is 10.5. The second kappa shape index (κ2) is 8.88. The molecule has 0 saturated carbocycles. The monoisotopic (exact) mass is 354 g/mol. The van der Waals surface area contributed by atoms with Crippen molar-refractivity contribution >= 4 is 5.97 Å². The van der Waals surface area contributed by atoms with Crippen LogP contribution in [0.3, 0.4) is 0 Å². The second-order valence-electron chi connectivity index (χ2n) is 6.93. The molecule has 3 heteroatoms. The highest BCUT2D eigenvalue weighted by molar-refractivity contribution is 6.01. The van der Waals surface area contributed by atoms with Gasteiger partial charge < -0.3 is 9.84 Å². The maximum atomic E-state index is 12.8. The number of carbonyl (C=O) groups excluding carboxylic acids is 1. The quantitative estimate of drug-likeness (QED) is 0.662. The summed E-state index contributed by atoms with van der Waals surface area (Å²) in [6, 6.07) is 9.96. The van der Waals surface area contributed by atoms with Gasteiger partial charge in [0.05, 0.1) is 12.2 Å². The van der Waals surface area contributed by atoms with Crippen molar-refractivity contribution in [1.29, 1.82) is 0 Å². The minimum Gasteiger partial charge on any atom is -0.507 e. The molecule has 0 aliphatic carbocycles. The van der Waals surface area contributed by atoms with Crippen molar-refractivity contribution in [2.45, 2.75) is 53.9 Å². The van der Waals surface area contributed by atoms with Gasteiger partial charge in [-0.2, -0.15) is 0 Å². The average Bonchev–Trinajstić information content (AvgIpc) is 2.63. The lowest BCUT2D eigenvalue weighted by molar-refractivity contribution is 0.0525. The molecular formula is C23H30O3. The van der Waals surface area contributed by atoms with E-state index in [9.17, 15) is 9.90 Å². The Bertz CT molecular complexity index is 761. The molecule has 0 heterocycles. The lowest BCUT2D eigenvalue weighted by Crippen LogP contribution is -2.14. The Balaban J connectivity index is 2.93. The number of ether oxygens (including phenoxy) is 1. The molecule has 0 bridgehead atoms. The number of rotatable bonds is 7. The van der Waals surface area contributed by atoms with Gasteiger partial charge in [0.15, 0.2) is 0 Å². The molecule has 0 aliphatic rings. The number of hydrogen-bond donors (Lipinski definition) is 1. The molecule has 0 aliphatic heterocycles. The van der Waals surface area contributed by atoms with E-state index >= 15 is 0 Å². The highest BCUT2D eigenvalue weighted by atomic mass is 16.5. The van der Waals surface area contributed by atoms with Crippen molar-refractivity contribution in [2.24, 2.45) is 5.92 Å². The van der Waals surface area contributed by atoms with E-state index < -0.39 is 0 Å². The SMILES string of the molecule is CCOC(=O)c1c(CC)c(O)c(CC(C)C)c(CC)c1-c1ccccc1. The predicted molar refractivity (Wildman–Crippen MR) is 107 cm³/mol. The third-order valence-electron chi connectivity index (χ3n) is 4.65. The molecular weight excluding hydrogens is 324 g/mol. The molecule has 140 valence electrons. The fraction of sp³-hybridized carbons (Fsp3) is 0.435. The van der Waals surface area contributed by atoms with Gasteiger partial charge in [0.1, 0.15) is 5.75 Å². The first kappa shape index (κ1) is 20.0. The molecule has 0 fully saturated rings. The largest absolute Gasteiger partial charge is 0.507 e. The first-order valence-corrected chi connectivity index (χ1v) is 9.58. The molecule has 0 aromatic heterocycles. The first-order chi connectivity index (χ1) is 12.5. The molecule has 2 aromatic rings. The van der Waals surface area contributed by atoms with E-state index in [2.05, 4.69) is 20.8 Å². The molecule has 0 radical (unpaired) electrons. The Labute approximate surface area is 157 Å². The minimum atomic E-state index is -0.357. The van der Waals surface area contributed by atoms with E-state index in [1.54, 1.807) is 6.92 Å². The van der Waals surface area contributed by atoms with E-state index in [0.717, 1.165) is 35.1 Å². The Hall–Kier alpha value is -2.29. The van der Waals surface area contributed by atoms with Crippen molar-refractivity contribution in [3.63, 3.8) is 0 Å². The van der Waals surface area contributed by atoms with Gasteiger partial charge >= 0.3 is 5.97 Å². The molecule has 0 amide bonds. The Morgan fingerprint density at radius 1 is 1.00 bits per heavy atom. The van der Waals surface area contributed by atoms with Crippen LogP contribution in [-0.4, -0.2) is 17.7 Å². The number of benzene rings is 2. The van der Waals surface area contributed by atoms with Crippen LogP contribution in [0.4, 0.5) is 0 Å². The van der Waals surface area contributed by atoms with E-state index in [-0.39, 0.29) is 11.7 Å². The zero-order valence-electron chi connectivity index (χ0n) is 16.6. The van der Waals surface area contributed by atoms with Crippen molar-refractivity contribution < 1.29 is 14.6 Å². The lowest BCUT2D eigenvalue weighted by atomic mass is 9.82. The maximum absolute atomic E-state index is 12.8. The molecule has 1 N–H and O–H groups in total. The lowest BCUT2D eigenvalue weighted by Gasteiger charge is -2.24. The number of aromatic hydroxyl groups is 1. The van der Waals surface area contributed by atoms with Crippen molar-refractivity contribution in [1.82, 2.24) is 0 Å². The van der Waals surface area contributed by atoms with Gasteiger partial charge in [0.2, 0.25) is 0 Å². The van der Waals surface area contributed by atoms with Crippen molar-refractivity contribution in [2.75, 3.05) is 6.61 Å². The summed E-state index contributed by atoms with van der Waals surface area (Å²) in [5.74, 6) is 0.318. The van der Waals surface area contributed by atoms with Gasteiger partial charge in [0, 0.05) is 11.1 Å². The van der Waals surface area contributed by atoms with E-state index in [0.29, 0.717) is 30.1 Å². The molecule has 2 aromatic carbocycles. The zero-order chi connectivity index (χ0) is 19.3. The van der Waals surface area contributed by atoms with Crippen molar-refractivity contribution in [3.05, 3.63) is 52.6 Å². The second-order valence-corrected chi connectivity index (χ2v) is 6.93. The number of esters is 1. The number of phenols is 1. The van der Waals surface area contributed by atoms with Gasteiger partial charge in [-0.25, -0.2) is 4.79 Å². The van der Waals surface area contributed by atoms with Crippen LogP contribution in [0.2, 0.25) is 0 Å². The van der Waals surface area contributed by atoms with Gasteiger partial charge in [-0.05, 0) is 48.8 Å². The normalized spacial score (nSPS) is 11.0. The van der Waals surface area contributed by atoms with E-state index in [1.165, 1.54) is 0 Å². The summed E-state index contributed by atoms with van der Waals surface area (Å²) in [7, 11) is 0. The Morgan fingerprint density at radius 2 is 1.62 bits per heavy atom. The standard InChI is InChI=1S/C23H30O3/c1-6-17-19(14-15(4)5)22(24)18(7-2)21(23(25)26-8-3)20(17)16-12-10-9-11-13-16/h9-13,15,24H,6-8,14H2,1-5H3. The molecule has 2 rings (SSSR count). The smallest absolute Gasteiger partial charge is 0.339 e. The molecule has 26 heavy (non-hydrogen) atoms. The van der Waals surface area contributed by atoms with E-state index in [1.807, 2.05) is 37.3 Å². The minimum absolute atomic E-state index is 0.265. The van der Waals surface area contributed by atoms with Crippen LogP contribution in [-0.2, 0) is 24.0 Å². The Morgan fingerprint density at radius 3 is 2.12 bits per heavy atom. The molecule has 0 spiro atoms. The molecule has 0 atom stereocenters. The van der Waals surface area contributed by atoms with Crippen LogP contribution < -0.4 is 0 Å². The van der Waals surface area contributed by atoms with Gasteiger partial charge in [-0.1, -0.05) is 58.0 Å². The van der Waals surface area contributed by atoms with Gasteiger partial charge in [-0.15, -0.1) is 0 Å². The third-order valence-corrected chi connectivity index (χ3v) is 4.65. The van der Waals surface area contributed by atoms with Crippen LogP contribution in [0, 0.1) is 5.92 Å². The highest BCUT2D eigenvalue weighted by Crippen LogP contribution is 2.41. The summed E-state index contributed by atoms with van der Waals surface area (Å²) in [4.78, 5) is 12.8. The summed E-state index contributed by atoms with van der Waals surface area (Å²) in [6.07, 6.45) is 2.11. The van der Waals surface area contributed by atoms with Gasteiger partial charge in [-0.3, -0.25) is 0 Å². The van der Waals surface area contributed by atoms with Crippen LogP contribution in [0.15, 0.2) is 30.3 Å². The molecule has 0 saturated heterocycles. The first-order valence-electron chi connectivity index (χ1n) is 9.58. The average molecular weight is 354 g/mol. The topological polar surface area (TPSA) is 46.5 Å². The van der Waals surface area contributed by atoms with E-state index in [4.69, 9.17) is 4.74 Å². The highest BCUT2D eigenvalue weighted by Gasteiger charge is 2.27. The summed E-state index contributed by atoms with van der Waals surface area (Å²) >= 11 is 0. The number of phenolic OH excluding ortho intramolecular Hbond substituents is 1. The Kier molecular flexibility index (Phi) is 6.84. The predicted octanol–water partition coefficient (Wildman–Crippen LogP) is 5.56. The van der Waals surface area contributed by atoms with Gasteiger partial charge in [0.25, 0.3) is 0 Å². The summed E-state index contributed by atoms with van der Waals surface area (Å²) < 4.78 is 5.36. The fourth-order valence-electron chi connectivity index (χ4n) is 3.61. The fourth-order valence-corrected chi connectivity index (χ4v) is 3.61. The van der Waals surface area contributed by atoms with Crippen LogP contribution in [0.25, 0.3) is 11.1 Å².